The third-order valence-electron chi connectivity index (χ3n) is 4.02. The molecule has 0 radical (unpaired) electrons. The smallest absolute Gasteiger partial charge is 0.158 e. The van der Waals surface area contributed by atoms with Crippen molar-refractivity contribution in [3.63, 3.8) is 0 Å². The van der Waals surface area contributed by atoms with Gasteiger partial charge in [0, 0.05) is 5.92 Å². The zero-order chi connectivity index (χ0) is 10.3. The summed E-state index contributed by atoms with van der Waals surface area (Å²) in [4.78, 5) is 11.6. The molecule has 0 heterocycles. The molecule has 78 valence electrons. The van der Waals surface area contributed by atoms with Crippen molar-refractivity contribution in [3.05, 3.63) is 12.7 Å². The molecule has 0 spiro atoms. The molecule has 2 aliphatic carbocycles. The van der Waals surface area contributed by atoms with Crippen LogP contribution in [0.1, 0.15) is 39.5 Å². The van der Waals surface area contributed by atoms with Crippen LogP contribution < -0.4 is 0 Å². The average Bonchev–Trinajstić information content (AvgIpc) is 2.39. The summed E-state index contributed by atoms with van der Waals surface area (Å²) in [6.45, 7) is 8.29. The van der Waals surface area contributed by atoms with Crippen molar-refractivity contribution >= 4 is 5.78 Å². The highest BCUT2D eigenvalue weighted by atomic mass is 16.1. The number of carbonyl (C=O) groups is 1. The first-order valence-corrected chi connectivity index (χ1v) is 5.68. The minimum Gasteiger partial charge on any atom is -0.295 e. The van der Waals surface area contributed by atoms with E-state index in [0.717, 1.165) is 12.3 Å². The minimum absolute atomic E-state index is 0.287. The summed E-state index contributed by atoms with van der Waals surface area (Å²) in [5.41, 5.74) is 0.462. The van der Waals surface area contributed by atoms with E-state index >= 15 is 0 Å². The van der Waals surface area contributed by atoms with Gasteiger partial charge >= 0.3 is 0 Å². The van der Waals surface area contributed by atoms with E-state index in [9.17, 15) is 4.79 Å². The normalized spacial score (nSPS) is 39.4. The standard InChI is InChI=1S/C13H20O/c1-4-12(14)11-6-9-5-10(11)8-13(2,3)7-9/h4,9-11H,1,5-8H2,2-3H3. The maximum Gasteiger partial charge on any atom is 0.158 e. The summed E-state index contributed by atoms with van der Waals surface area (Å²) < 4.78 is 0. The lowest BCUT2D eigenvalue weighted by Gasteiger charge is -2.34. The van der Waals surface area contributed by atoms with Crippen LogP contribution in [0.5, 0.6) is 0 Å². The van der Waals surface area contributed by atoms with Crippen molar-refractivity contribution in [1.29, 1.82) is 0 Å². The highest BCUT2D eigenvalue weighted by molar-refractivity contribution is 5.91. The van der Waals surface area contributed by atoms with Gasteiger partial charge in [0.15, 0.2) is 5.78 Å². The Morgan fingerprint density at radius 2 is 2.07 bits per heavy atom. The van der Waals surface area contributed by atoms with E-state index in [-0.39, 0.29) is 5.78 Å². The lowest BCUT2D eigenvalue weighted by Crippen LogP contribution is -2.25. The van der Waals surface area contributed by atoms with Gasteiger partial charge in [-0.3, -0.25) is 4.79 Å². The first-order valence-electron chi connectivity index (χ1n) is 5.68. The molecule has 0 amide bonds. The molecule has 3 unspecified atom stereocenters. The number of carbonyl (C=O) groups excluding carboxylic acids is 1. The zero-order valence-electron chi connectivity index (χ0n) is 9.25. The van der Waals surface area contributed by atoms with Crippen molar-refractivity contribution in [2.24, 2.45) is 23.2 Å². The van der Waals surface area contributed by atoms with Crippen LogP contribution in [0.4, 0.5) is 0 Å². The highest BCUT2D eigenvalue weighted by Crippen LogP contribution is 2.53. The van der Waals surface area contributed by atoms with Crippen LogP contribution in [0, 0.1) is 23.2 Å². The number of ketones is 1. The number of hydrogen-bond acceptors (Lipinski definition) is 1. The van der Waals surface area contributed by atoms with E-state index in [4.69, 9.17) is 0 Å². The molecule has 2 saturated carbocycles. The Labute approximate surface area is 86.6 Å². The van der Waals surface area contributed by atoms with Gasteiger partial charge in [0.2, 0.25) is 0 Å². The van der Waals surface area contributed by atoms with Gasteiger partial charge < -0.3 is 0 Å². The molecule has 0 aromatic heterocycles. The second kappa shape index (κ2) is 3.22. The van der Waals surface area contributed by atoms with Crippen LogP contribution in [0.15, 0.2) is 12.7 Å². The SMILES string of the molecule is C=CC(=O)C1CC2CC1CC(C)(C)C2. The van der Waals surface area contributed by atoms with Crippen molar-refractivity contribution in [3.8, 4) is 0 Å². The Hall–Kier alpha value is -0.590. The van der Waals surface area contributed by atoms with Gasteiger partial charge in [0.1, 0.15) is 0 Å². The Kier molecular flexibility index (Phi) is 2.29. The zero-order valence-corrected chi connectivity index (χ0v) is 9.25. The predicted octanol–water partition coefficient (Wildman–Crippen LogP) is 3.20. The van der Waals surface area contributed by atoms with E-state index < -0.39 is 0 Å². The lowest BCUT2D eigenvalue weighted by atomic mass is 9.71. The molecule has 0 N–H and O–H groups in total. The average molecular weight is 192 g/mol. The summed E-state index contributed by atoms with van der Waals surface area (Å²) >= 11 is 0. The van der Waals surface area contributed by atoms with Crippen LogP contribution in [0.25, 0.3) is 0 Å². The van der Waals surface area contributed by atoms with Gasteiger partial charge in [0.25, 0.3) is 0 Å². The van der Waals surface area contributed by atoms with Crippen LogP contribution in [0.3, 0.4) is 0 Å². The molecule has 0 aromatic carbocycles. The quantitative estimate of drug-likeness (QED) is 0.614. The van der Waals surface area contributed by atoms with Gasteiger partial charge in [0.05, 0.1) is 0 Å². The van der Waals surface area contributed by atoms with E-state index in [1.54, 1.807) is 0 Å². The molecular weight excluding hydrogens is 172 g/mol. The number of fused-ring (bicyclic) bond motifs is 2. The fourth-order valence-electron chi connectivity index (χ4n) is 3.71. The summed E-state index contributed by atoms with van der Waals surface area (Å²) in [6.07, 6.45) is 6.48. The maximum absolute atomic E-state index is 11.6. The molecule has 1 nitrogen and oxygen atoms in total. The molecule has 0 aromatic rings. The number of hydrogen-bond donors (Lipinski definition) is 0. The lowest BCUT2D eigenvalue weighted by molar-refractivity contribution is -0.119. The van der Waals surface area contributed by atoms with Gasteiger partial charge in [-0.25, -0.2) is 0 Å². The summed E-state index contributed by atoms with van der Waals surface area (Å²) in [5.74, 6) is 2.04. The molecule has 2 bridgehead atoms. The van der Waals surface area contributed by atoms with Gasteiger partial charge in [-0.15, -0.1) is 0 Å². The molecule has 1 heteroatoms. The van der Waals surface area contributed by atoms with Crippen molar-refractivity contribution in [2.75, 3.05) is 0 Å². The monoisotopic (exact) mass is 192 g/mol. The van der Waals surface area contributed by atoms with E-state index in [1.165, 1.54) is 25.3 Å². The third-order valence-corrected chi connectivity index (χ3v) is 4.02. The Bertz CT molecular complexity index is 264. The highest BCUT2D eigenvalue weighted by Gasteiger charge is 2.45. The fourth-order valence-corrected chi connectivity index (χ4v) is 3.71. The Morgan fingerprint density at radius 1 is 1.36 bits per heavy atom. The van der Waals surface area contributed by atoms with E-state index in [0.29, 0.717) is 17.3 Å². The first kappa shape index (κ1) is 9.95. The van der Waals surface area contributed by atoms with Gasteiger partial charge in [-0.1, -0.05) is 20.4 Å². The van der Waals surface area contributed by atoms with Crippen LogP contribution in [-0.4, -0.2) is 5.78 Å². The molecule has 0 saturated heterocycles. The largest absolute Gasteiger partial charge is 0.295 e. The second-order valence-corrected chi connectivity index (χ2v) is 5.88. The van der Waals surface area contributed by atoms with E-state index in [1.807, 2.05) is 0 Å². The van der Waals surface area contributed by atoms with Crippen LogP contribution in [0.2, 0.25) is 0 Å². The van der Waals surface area contributed by atoms with Gasteiger partial charge in [-0.05, 0) is 49.0 Å². The molecular formula is C13H20O. The first-order chi connectivity index (χ1) is 6.52. The topological polar surface area (TPSA) is 17.1 Å². The summed E-state index contributed by atoms with van der Waals surface area (Å²) in [7, 11) is 0. The van der Waals surface area contributed by atoms with Crippen molar-refractivity contribution in [2.45, 2.75) is 39.5 Å². The molecule has 2 rings (SSSR count). The summed E-state index contributed by atoms with van der Waals surface area (Å²) in [5, 5.41) is 0. The number of allylic oxidation sites excluding steroid dienone is 1. The van der Waals surface area contributed by atoms with Crippen molar-refractivity contribution < 1.29 is 4.79 Å². The predicted molar refractivity (Wildman–Crippen MR) is 57.9 cm³/mol. The Morgan fingerprint density at radius 3 is 2.71 bits per heavy atom. The second-order valence-electron chi connectivity index (χ2n) is 5.88. The molecule has 14 heavy (non-hydrogen) atoms. The van der Waals surface area contributed by atoms with Crippen molar-refractivity contribution in [1.82, 2.24) is 0 Å². The number of rotatable bonds is 2. The van der Waals surface area contributed by atoms with Crippen LogP contribution in [-0.2, 0) is 4.79 Å². The molecule has 2 fully saturated rings. The molecule has 3 atom stereocenters. The maximum atomic E-state index is 11.6. The van der Waals surface area contributed by atoms with Crippen LogP contribution >= 0.6 is 0 Å². The van der Waals surface area contributed by atoms with Gasteiger partial charge in [-0.2, -0.15) is 0 Å². The van der Waals surface area contributed by atoms with E-state index in [2.05, 4.69) is 20.4 Å². The Balaban J connectivity index is 2.13. The minimum atomic E-state index is 0.287. The molecule has 0 aliphatic heterocycles. The summed E-state index contributed by atoms with van der Waals surface area (Å²) in [6, 6.07) is 0. The fraction of sp³-hybridized carbons (Fsp3) is 0.769. The molecule has 2 aliphatic rings. The third kappa shape index (κ3) is 1.65.